The van der Waals surface area contributed by atoms with E-state index in [4.69, 9.17) is 4.74 Å². The number of unbranched alkanes of at least 4 members (excludes halogenated alkanes) is 13. The lowest BCUT2D eigenvalue weighted by Crippen LogP contribution is -2.31. The first-order valence-corrected chi connectivity index (χ1v) is 12.7. The maximum absolute atomic E-state index is 12.2. The molecule has 0 aliphatic rings. The summed E-state index contributed by atoms with van der Waals surface area (Å²) in [6, 6.07) is 0. The van der Waals surface area contributed by atoms with Crippen molar-refractivity contribution in [1.29, 1.82) is 0 Å². The Bertz CT molecular complexity index is 378. The number of carbonyl (C=O) groups is 1. The van der Waals surface area contributed by atoms with E-state index in [0.29, 0.717) is 0 Å². The molecule has 0 fully saturated rings. The van der Waals surface area contributed by atoms with E-state index in [-0.39, 0.29) is 12.1 Å². The van der Waals surface area contributed by atoms with Gasteiger partial charge in [0.2, 0.25) is 0 Å². The molecule has 2 atom stereocenters. The SMILES string of the molecule is CCCCCC=CC(=O)OC(CCCCCCCC)C(O)CCCCCCCC. The van der Waals surface area contributed by atoms with E-state index in [1.807, 2.05) is 6.08 Å². The minimum atomic E-state index is -0.533. The van der Waals surface area contributed by atoms with Gasteiger partial charge in [0.25, 0.3) is 0 Å². The molecular formula is C26H50O3. The largest absolute Gasteiger partial charge is 0.456 e. The minimum absolute atomic E-state index is 0.292. The first-order valence-electron chi connectivity index (χ1n) is 12.7. The minimum Gasteiger partial charge on any atom is -0.456 e. The lowest BCUT2D eigenvalue weighted by molar-refractivity contribution is -0.149. The number of hydrogen-bond donors (Lipinski definition) is 1. The van der Waals surface area contributed by atoms with Gasteiger partial charge in [0.1, 0.15) is 6.10 Å². The summed E-state index contributed by atoms with van der Waals surface area (Å²) in [4.78, 5) is 12.2. The second-order valence-electron chi connectivity index (χ2n) is 8.55. The number of hydrogen-bond acceptors (Lipinski definition) is 3. The van der Waals surface area contributed by atoms with E-state index < -0.39 is 6.10 Å². The van der Waals surface area contributed by atoms with Crippen molar-refractivity contribution in [3.05, 3.63) is 12.2 Å². The van der Waals surface area contributed by atoms with Crippen molar-refractivity contribution in [3.63, 3.8) is 0 Å². The van der Waals surface area contributed by atoms with Crippen molar-refractivity contribution >= 4 is 5.97 Å². The molecule has 0 rings (SSSR count). The quantitative estimate of drug-likeness (QED) is 0.119. The fraction of sp³-hybridized carbons (Fsp3) is 0.885. The second-order valence-corrected chi connectivity index (χ2v) is 8.55. The Morgan fingerprint density at radius 2 is 1.21 bits per heavy atom. The summed E-state index contributed by atoms with van der Waals surface area (Å²) in [5.74, 6) is -0.292. The summed E-state index contributed by atoms with van der Waals surface area (Å²) in [7, 11) is 0. The number of allylic oxidation sites excluding steroid dienone is 1. The van der Waals surface area contributed by atoms with Gasteiger partial charge in [-0.3, -0.25) is 0 Å². The molecule has 172 valence electrons. The molecule has 3 heteroatoms. The number of ether oxygens (including phenoxy) is 1. The van der Waals surface area contributed by atoms with Gasteiger partial charge in [-0.2, -0.15) is 0 Å². The lowest BCUT2D eigenvalue weighted by Gasteiger charge is -2.23. The van der Waals surface area contributed by atoms with E-state index >= 15 is 0 Å². The molecule has 0 saturated carbocycles. The van der Waals surface area contributed by atoms with Gasteiger partial charge in [-0.15, -0.1) is 0 Å². The second kappa shape index (κ2) is 21.9. The average Bonchev–Trinajstić information content (AvgIpc) is 2.71. The van der Waals surface area contributed by atoms with Gasteiger partial charge < -0.3 is 9.84 Å². The highest BCUT2D eigenvalue weighted by molar-refractivity contribution is 5.82. The maximum atomic E-state index is 12.2. The van der Waals surface area contributed by atoms with Crippen LogP contribution in [-0.2, 0) is 9.53 Å². The first kappa shape index (κ1) is 28.2. The van der Waals surface area contributed by atoms with Crippen LogP contribution >= 0.6 is 0 Å². The standard InChI is InChI=1S/C26H50O3/c1-4-7-10-13-16-18-21-24(27)25(22-19-17-14-11-8-5-2)29-26(28)23-20-15-12-9-6-3/h20,23-25,27H,4-19,21-22H2,1-3H3. The highest BCUT2D eigenvalue weighted by Crippen LogP contribution is 2.18. The van der Waals surface area contributed by atoms with Crippen molar-refractivity contribution in [1.82, 2.24) is 0 Å². The van der Waals surface area contributed by atoms with Crippen LogP contribution < -0.4 is 0 Å². The molecular weight excluding hydrogens is 360 g/mol. The van der Waals surface area contributed by atoms with Crippen molar-refractivity contribution in [2.45, 2.75) is 149 Å². The Kier molecular flexibility index (Phi) is 21.2. The topological polar surface area (TPSA) is 46.5 Å². The third-order valence-corrected chi connectivity index (χ3v) is 5.62. The third kappa shape index (κ3) is 18.9. The number of rotatable bonds is 21. The molecule has 0 aromatic rings. The summed E-state index contributed by atoms with van der Waals surface area (Å²) in [5.41, 5.74) is 0. The molecule has 0 aromatic carbocycles. The molecule has 0 aliphatic carbocycles. The van der Waals surface area contributed by atoms with Crippen molar-refractivity contribution in [2.75, 3.05) is 0 Å². The van der Waals surface area contributed by atoms with E-state index in [1.165, 1.54) is 64.2 Å². The van der Waals surface area contributed by atoms with Crippen LogP contribution in [0.3, 0.4) is 0 Å². The molecule has 3 nitrogen and oxygen atoms in total. The number of aliphatic hydroxyl groups excluding tert-OH is 1. The van der Waals surface area contributed by atoms with Crippen molar-refractivity contribution < 1.29 is 14.6 Å². The van der Waals surface area contributed by atoms with Crippen LogP contribution in [0.15, 0.2) is 12.2 Å². The average molecular weight is 411 g/mol. The van der Waals surface area contributed by atoms with E-state index in [1.54, 1.807) is 6.08 Å². The Morgan fingerprint density at radius 1 is 0.724 bits per heavy atom. The fourth-order valence-corrected chi connectivity index (χ4v) is 3.66. The summed E-state index contributed by atoms with van der Waals surface area (Å²) in [6.45, 7) is 6.63. The number of aliphatic hydroxyl groups is 1. The number of carbonyl (C=O) groups excluding carboxylic acids is 1. The molecule has 0 spiro atoms. The van der Waals surface area contributed by atoms with E-state index in [0.717, 1.165) is 51.4 Å². The molecule has 0 aliphatic heterocycles. The van der Waals surface area contributed by atoms with Crippen molar-refractivity contribution in [2.24, 2.45) is 0 Å². The van der Waals surface area contributed by atoms with Crippen LogP contribution in [0.25, 0.3) is 0 Å². The zero-order valence-electron chi connectivity index (χ0n) is 19.8. The Morgan fingerprint density at radius 3 is 1.79 bits per heavy atom. The summed E-state index contributed by atoms with van der Waals surface area (Å²) >= 11 is 0. The summed E-state index contributed by atoms with van der Waals surface area (Å²) < 4.78 is 5.67. The van der Waals surface area contributed by atoms with Crippen LogP contribution in [0.2, 0.25) is 0 Å². The zero-order chi connectivity index (χ0) is 21.6. The molecule has 2 unspecified atom stereocenters. The number of esters is 1. The molecule has 0 aromatic heterocycles. The normalized spacial score (nSPS) is 13.7. The van der Waals surface area contributed by atoms with Crippen LogP contribution in [-0.4, -0.2) is 23.3 Å². The van der Waals surface area contributed by atoms with Crippen LogP contribution in [0.4, 0.5) is 0 Å². The van der Waals surface area contributed by atoms with Crippen LogP contribution in [0.1, 0.15) is 136 Å². The Hall–Kier alpha value is -0.830. The molecule has 0 heterocycles. The molecule has 29 heavy (non-hydrogen) atoms. The van der Waals surface area contributed by atoms with Gasteiger partial charge in [-0.1, -0.05) is 110 Å². The molecule has 0 bridgehead atoms. The predicted molar refractivity (Wildman–Crippen MR) is 125 cm³/mol. The summed E-state index contributed by atoms with van der Waals surface area (Å²) in [5, 5.41) is 10.6. The molecule has 0 saturated heterocycles. The van der Waals surface area contributed by atoms with Crippen LogP contribution in [0, 0.1) is 0 Å². The fourth-order valence-electron chi connectivity index (χ4n) is 3.66. The Balaban J connectivity index is 4.33. The smallest absolute Gasteiger partial charge is 0.330 e. The Labute approximate surface area is 181 Å². The van der Waals surface area contributed by atoms with E-state index in [9.17, 15) is 9.90 Å². The monoisotopic (exact) mass is 410 g/mol. The maximum Gasteiger partial charge on any atom is 0.330 e. The van der Waals surface area contributed by atoms with Gasteiger partial charge in [-0.25, -0.2) is 4.79 Å². The first-order chi connectivity index (χ1) is 14.2. The van der Waals surface area contributed by atoms with Gasteiger partial charge in [0, 0.05) is 6.08 Å². The van der Waals surface area contributed by atoms with Crippen LogP contribution in [0.5, 0.6) is 0 Å². The molecule has 0 radical (unpaired) electrons. The highest BCUT2D eigenvalue weighted by Gasteiger charge is 2.22. The summed E-state index contributed by atoms with van der Waals surface area (Å²) in [6.07, 6.45) is 23.0. The van der Waals surface area contributed by atoms with E-state index in [2.05, 4.69) is 20.8 Å². The van der Waals surface area contributed by atoms with Crippen molar-refractivity contribution in [3.8, 4) is 0 Å². The highest BCUT2D eigenvalue weighted by atomic mass is 16.6. The van der Waals surface area contributed by atoms with Gasteiger partial charge in [-0.05, 0) is 32.1 Å². The van der Waals surface area contributed by atoms with Gasteiger partial charge in [0.05, 0.1) is 6.10 Å². The zero-order valence-corrected chi connectivity index (χ0v) is 19.8. The molecule has 0 amide bonds. The third-order valence-electron chi connectivity index (χ3n) is 5.62. The van der Waals surface area contributed by atoms with Gasteiger partial charge in [0.15, 0.2) is 0 Å². The lowest BCUT2D eigenvalue weighted by atomic mass is 9.99. The molecule has 1 N–H and O–H groups in total. The van der Waals surface area contributed by atoms with Gasteiger partial charge >= 0.3 is 5.97 Å². The predicted octanol–water partition coefficient (Wildman–Crippen LogP) is 7.90.